The second-order valence-electron chi connectivity index (χ2n) is 5.36. The predicted molar refractivity (Wildman–Crippen MR) is 84.0 cm³/mol. The molecule has 0 aromatic carbocycles. The van der Waals surface area contributed by atoms with E-state index in [1.165, 1.54) is 37.6 Å². The van der Waals surface area contributed by atoms with Crippen LogP contribution in [-0.4, -0.2) is 61.7 Å². The maximum absolute atomic E-state index is 3.56. The molecule has 1 fully saturated rings. The number of likely N-dealkylation sites (N-methyl/N-ethyl adjacent to an activating group) is 1. The van der Waals surface area contributed by atoms with Gasteiger partial charge in [0.2, 0.25) is 0 Å². The smallest absolute Gasteiger partial charge is 0.0195 e. The van der Waals surface area contributed by atoms with E-state index in [4.69, 9.17) is 0 Å². The summed E-state index contributed by atoms with van der Waals surface area (Å²) in [5.74, 6) is 0. The van der Waals surface area contributed by atoms with E-state index in [9.17, 15) is 0 Å². The van der Waals surface area contributed by atoms with Crippen LogP contribution >= 0.6 is 11.3 Å². The minimum Gasteiger partial charge on any atom is -0.315 e. The van der Waals surface area contributed by atoms with E-state index in [0.717, 1.165) is 19.5 Å². The molecule has 0 aliphatic carbocycles. The van der Waals surface area contributed by atoms with Crippen LogP contribution in [0, 0.1) is 0 Å². The highest BCUT2D eigenvalue weighted by Crippen LogP contribution is 2.09. The van der Waals surface area contributed by atoms with E-state index in [1.807, 2.05) is 11.3 Å². The molecular formula is C15H27N3S. The molecule has 0 bridgehead atoms. The number of thiophene rings is 1. The molecule has 1 aromatic heterocycles. The molecular weight excluding hydrogens is 254 g/mol. The average molecular weight is 281 g/mol. The van der Waals surface area contributed by atoms with Crippen LogP contribution in [0.15, 0.2) is 17.5 Å². The van der Waals surface area contributed by atoms with Gasteiger partial charge in [0.05, 0.1) is 0 Å². The Hall–Kier alpha value is -0.420. The van der Waals surface area contributed by atoms with Crippen molar-refractivity contribution in [2.45, 2.75) is 26.3 Å². The number of nitrogens with one attached hydrogen (secondary N) is 1. The Balaban J connectivity index is 1.54. The van der Waals surface area contributed by atoms with Gasteiger partial charge in [-0.05, 0) is 31.3 Å². The van der Waals surface area contributed by atoms with Crippen LogP contribution in [-0.2, 0) is 6.42 Å². The van der Waals surface area contributed by atoms with E-state index in [-0.39, 0.29) is 0 Å². The third-order valence-corrected chi connectivity index (χ3v) is 4.92. The summed E-state index contributed by atoms with van der Waals surface area (Å²) in [5, 5.41) is 5.72. The maximum Gasteiger partial charge on any atom is 0.0195 e. The van der Waals surface area contributed by atoms with Crippen molar-refractivity contribution in [2.24, 2.45) is 0 Å². The predicted octanol–water partition coefficient (Wildman–Crippen LogP) is 1.91. The van der Waals surface area contributed by atoms with Gasteiger partial charge in [0.15, 0.2) is 0 Å². The Morgan fingerprint density at radius 2 is 2.26 bits per heavy atom. The molecule has 1 atom stereocenters. The lowest BCUT2D eigenvalue weighted by Crippen LogP contribution is -2.52. The van der Waals surface area contributed by atoms with E-state index < -0.39 is 0 Å². The number of nitrogens with zero attached hydrogens (tertiary/aromatic N) is 2. The Morgan fingerprint density at radius 1 is 1.37 bits per heavy atom. The largest absolute Gasteiger partial charge is 0.315 e. The lowest BCUT2D eigenvalue weighted by Gasteiger charge is -2.39. The maximum atomic E-state index is 3.56. The molecule has 1 unspecified atom stereocenters. The Morgan fingerprint density at radius 3 is 2.95 bits per heavy atom. The summed E-state index contributed by atoms with van der Waals surface area (Å²) in [6, 6.07) is 5.07. The number of rotatable bonds is 7. The Kier molecular flexibility index (Phi) is 6.31. The molecule has 2 rings (SSSR count). The van der Waals surface area contributed by atoms with Crippen molar-refractivity contribution < 1.29 is 0 Å². The van der Waals surface area contributed by atoms with Crippen LogP contribution in [0.25, 0.3) is 0 Å². The summed E-state index contributed by atoms with van der Waals surface area (Å²) in [5.41, 5.74) is 0. The zero-order valence-electron chi connectivity index (χ0n) is 12.3. The average Bonchev–Trinajstić information content (AvgIpc) is 2.92. The molecule has 1 aliphatic rings. The molecule has 19 heavy (non-hydrogen) atoms. The number of hydrogen-bond acceptors (Lipinski definition) is 4. The molecule has 3 nitrogen and oxygen atoms in total. The highest BCUT2D eigenvalue weighted by molar-refractivity contribution is 7.09. The first kappa shape index (κ1) is 15.0. The van der Waals surface area contributed by atoms with Crippen LogP contribution in [0.3, 0.4) is 0 Å². The quantitative estimate of drug-likeness (QED) is 0.770. The summed E-state index contributed by atoms with van der Waals surface area (Å²) < 4.78 is 0. The molecule has 1 saturated heterocycles. The number of hydrogen-bond donors (Lipinski definition) is 1. The third-order valence-electron chi connectivity index (χ3n) is 3.99. The van der Waals surface area contributed by atoms with Crippen LogP contribution < -0.4 is 5.32 Å². The van der Waals surface area contributed by atoms with Crippen molar-refractivity contribution in [1.82, 2.24) is 15.1 Å². The first-order chi connectivity index (χ1) is 9.29. The molecule has 0 saturated carbocycles. The van der Waals surface area contributed by atoms with Gasteiger partial charge in [0.25, 0.3) is 0 Å². The molecule has 4 heteroatoms. The van der Waals surface area contributed by atoms with E-state index in [2.05, 4.69) is 46.5 Å². The normalized spacial score (nSPS) is 21.9. The molecule has 0 spiro atoms. The third kappa shape index (κ3) is 4.88. The lowest BCUT2D eigenvalue weighted by molar-refractivity contribution is 0.0888. The van der Waals surface area contributed by atoms with Crippen molar-refractivity contribution in [3.8, 4) is 0 Å². The van der Waals surface area contributed by atoms with Crippen molar-refractivity contribution in [1.29, 1.82) is 0 Å². The van der Waals surface area contributed by atoms with Gasteiger partial charge >= 0.3 is 0 Å². The molecule has 108 valence electrons. The molecule has 0 radical (unpaired) electrons. The lowest BCUT2D eigenvalue weighted by atomic mass is 10.2. The number of piperazine rings is 1. The van der Waals surface area contributed by atoms with Gasteiger partial charge < -0.3 is 5.32 Å². The van der Waals surface area contributed by atoms with Crippen molar-refractivity contribution in [3.05, 3.63) is 22.4 Å². The zero-order chi connectivity index (χ0) is 13.5. The van der Waals surface area contributed by atoms with Crippen molar-refractivity contribution in [3.63, 3.8) is 0 Å². The topological polar surface area (TPSA) is 18.5 Å². The van der Waals surface area contributed by atoms with Gasteiger partial charge in [-0.3, -0.25) is 9.80 Å². The summed E-state index contributed by atoms with van der Waals surface area (Å²) in [6.45, 7) is 12.9. The molecule has 1 aliphatic heterocycles. The molecule has 1 aromatic rings. The highest BCUT2D eigenvalue weighted by Gasteiger charge is 2.21. The van der Waals surface area contributed by atoms with Gasteiger partial charge in [0.1, 0.15) is 0 Å². The van der Waals surface area contributed by atoms with Crippen molar-refractivity contribution in [2.75, 3.05) is 45.8 Å². The van der Waals surface area contributed by atoms with Crippen LogP contribution in [0.5, 0.6) is 0 Å². The first-order valence-electron chi connectivity index (χ1n) is 7.49. The SMILES string of the molecule is CCN1CCN(CCNCCc2cccs2)CC1C. The second kappa shape index (κ2) is 8.00. The summed E-state index contributed by atoms with van der Waals surface area (Å²) in [6.07, 6.45) is 1.16. The Labute approximate surface area is 121 Å². The molecule has 0 amide bonds. The fourth-order valence-corrected chi connectivity index (χ4v) is 3.48. The summed E-state index contributed by atoms with van der Waals surface area (Å²) in [4.78, 5) is 6.65. The minimum absolute atomic E-state index is 0.713. The monoisotopic (exact) mass is 281 g/mol. The first-order valence-corrected chi connectivity index (χ1v) is 8.37. The molecule has 2 heterocycles. The second-order valence-corrected chi connectivity index (χ2v) is 6.39. The molecule has 1 N–H and O–H groups in total. The highest BCUT2D eigenvalue weighted by atomic mass is 32.1. The standard InChI is InChI=1S/C15H27N3S/c1-3-18-11-10-17(13-14(18)2)9-8-16-7-6-15-5-4-12-19-15/h4-5,12,14,16H,3,6-11,13H2,1-2H3. The van der Waals surface area contributed by atoms with Gasteiger partial charge in [0, 0.05) is 50.2 Å². The fourth-order valence-electron chi connectivity index (χ4n) is 2.77. The van der Waals surface area contributed by atoms with E-state index >= 15 is 0 Å². The van der Waals surface area contributed by atoms with Crippen molar-refractivity contribution >= 4 is 11.3 Å². The summed E-state index contributed by atoms with van der Waals surface area (Å²) in [7, 11) is 0. The summed E-state index contributed by atoms with van der Waals surface area (Å²) >= 11 is 1.86. The Bertz CT molecular complexity index is 339. The fraction of sp³-hybridized carbons (Fsp3) is 0.733. The van der Waals surface area contributed by atoms with E-state index in [1.54, 1.807) is 0 Å². The minimum atomic E-state index is 0.713. The van der Waals surface area contributed by atoms with Crippen LogP contribution in [0.2, 0.25) is 0 Å². The van der Waals surface area contributed by atoms with E-state index in [0.29, 0.717) is 6.04 Å². The van der Waals surface area contributed by atoms with Gasteiger partial charge in [-0.15, -0.1) is 11.3 Å². The zero-order valence-corrected chi connectivity index (χ0v) is 13.1. The van der Waals surface area contributed by atoms with Gasteiger partial charge in [-0.1, -0.05) is 13.0 Å². The van der Waals surface area contributed by atoms with Crippen LogP contribution in [0.4, 0.5) is 0 Å². The van der Waals surface area contributed by atoms with Crippen LogP contribution in [0.1, 0.15) is 18.7 Å². The van der Waals surface area contributed by atoms with Gasteiger partial charge in [-0.2, -0.15) is 0 Å². The van der Waals surface area contributed by atoms with Gasteiger partial charge in [-0.25, -0.2) is 0 Å².